The lowest BCUT2D eigenvalue weighted by molar-refractivity contribution is 1.10. The molecule has 2 aliphatic heterocycles. The highest BCUT2D eigenvalue weighted by atomic mass is 15.2. The van der Waals surface area contributed by atoms with Crippen LogP contribution in [0.5, 0.6) is 0 Å². The maximum absolute atomic E-state index is 3.50. The zero-order chi connectivity index (χ0) is 29.9. The van der Waals surface area contributed by atoms with E-state index >= 15 is 0 Å². The molecule has 0 atom stereocenters. The molecular weight excluding hydrogens is 558 g/mol. The average Bonchev–Trinajstić information content (AvgIpc) is 3.43. The molecule has 0 spiro atoms. The summed E-state index contributed by atoms with van der Waals surface area (Å²) in [6.45, 7) is 0. The van der Waals surface area contributed by atoms with Crippen molar-refractivity contribution in [1.82, 2.24) is 9.13 Å². The second-order valence-electron chi connectivity index (χ2n) is 12.3. The molecule has 8 aromatic rings. The number of nitrogens with zero attached hydrogens (tertiary/aromatic N) is 3. The van der Waals surface area contributed by atoms with Crippen LogP contribution in [0.25, 0.3) is 72.4 Å². The molecule has 0 unspecified atom stereocenters. The van der Waals surface area contributed by atoms with Crippen molar-refractivity contribution in [2.24, 2.45) is 0 Å². The summed E-state index contributed by atoms with van der Waals surface area (Å²) in [5, 5.41) is 3.78. The number of benzene rings is 6. The third-order valence-electron chi connectivity index (χ3n) is 9.99. The van der Waals surface area contributed by atoms with Gasteiger partial charge < -0.3 is 14.0 Å². The van der Waals surface area contributed by atoms with Crippen LogP contribution >= 0.6 is 0 Å². The molecular formula is C43H25N3. The predicted molar refractivity (Wildman–Crippen MR) is 191 cm³/mol. The maximum Gasteiger partial charge on any atom is 0.105 e. The fourth-order valence-electron chi connectivity index (χ4n) is 8.19. The van der Waals surface area contributed by atoms with Crippen molar-refractivity contribution in [2.75, 3.05) is 4.90 Å². The summed E-state index contributed by atoms with van der Waals surface area (Å²) in [4.78, 5) is 2.48. The fraction of sp³-hybridized carbons (Fsp3) is 0.0233. The Labute approximate surface area is 265 Å². The summed E-state index contributed by atoms with van der Waals surface area (Å²) < 4.78 is 4.87. The molecule has 6 aromatic carbocycles. The number of anilines is 3. The molecule has 3 nitrogen and oxygen atoms in total. The summed E-state index contributed by atoms with van der Waals surface area (Å²) in [6, 6.07) is 46.8. The molecule has 0 fully saturated rings. The molecule has 3 aliphatic rings. The maximum atomic E-state index is 3.50. The van der Waals surface area contributed by atoms with Gasteiger partial charge in [-0.3, -0.25) is 0 Å². The first-order chi connectivity index (χ1) is 22.9. The van der Waals surface area contributed by atoms with Crippen LogP contribution in [0.3, 0.4) is 0 Å². The normalized spacial score (nSPS) is 13.4. The smallest absolute Gasteiger partial charge is 0.105 e. The van der Waals surface area contributed by atoms with E-state index in [9.17, 15) is 0 Å². The van der Waals surface area contributed by atoms with Crippen LogP contribution in [-0.2, 0) is 0 Å². The molecule has 0 bridgehead atoms. The van der Waals surface area contributed by atoms with Crippen molar-refractivity contribution >= 4 is 55.8 Å². The van der Waals surface area contributed by atoms with Crippen molar-refractivity contribution in [3.8, 4) is 45.5 Å². The van der Waals surface area contributed by atoms with Crippen molar-refractivity contribution in [3.05, 3.63) is 145 Å². The summed E-state index contributed by atoms with van der Waals surface area (Å²) in [7, 11) is 0. The van der Waals surface area contributed by atoms with Gasteiger partial charge in [0.2, 0.25) is 0 Å². The molecule has 2 aromatic heterocycles. The number of allylic oxidation sites excluding steroid dienone is 1. The Morgan fingerprint density at radius 1 is 0.522 bits per heavy atom. The van der Waals surface area contributed by atoms with Crippen molar-refractivity contribution in [3.63, 3.8) is 0 Å². The molecule has 0 amide bonds. The Morgan fingerprint density at radius 3 is 2.13 bits per heavy atom. The third kappa shape index (κ3) is 2.94. The predicted octanol–water partition coefficient (Wildman–Crippen LogP) is 10.9. The Balaban J connectivity index is 1.27. The van der Waals surface area contributed by atoms with E-state index in [1.54, 1.807) is 0 Å². The molecule has 0 N–H and O–H groups in total. The molecule has 0 radical (unpaired) electrons. The fourth-order valence-corrected chi connectivity index (χ4v) is 8.19. The molecule has 46 heavy (non-hydrogen) atoms. The number of fused-ring (bicyclic) bond motifs is 7. The highest BCUT2D eigenvalue weighted by Gasteiger charge is 2.34. The highest BCUT2D eigenvalue weighted by molar-refractivity contribution is 6.22. The number of hydrogen-bond acceptors (Lipinski definition) is 1. The quantitative estimate of drug-likeness (QED) is 0.185. The van der Waals surface area contributed by atoms with E-state index in [0.29, 0.717) is 0 Å². The molecule has 4 heterocycles. The number of aromatic nitrogens is 2. The van der Waals surface area contributed by atoms with E-state index in [1.807, 2.05) is 0 Å². The lowest BCUT2D eigenvalue weighted by Gasteiger charge is -2.34. The first-order valence-corrected chi connectivity index (χ1v) is 15.9. The van der Waals surface area contributed by atoms with Gasteiger partial charge in [0.15, 0.2) is 0 Å². The monoisotopic (exact) mass is 583 g/mol. The standard InChI is InChI=1S/C43H25N3/c1-3-12-27(13-4-1)44-37-21-6-2-5-16-31(37)36-26-28(24-25-38(36)44)45-39-22-10-19-33-30-15-8-7-14-29(30)32-17-9-18-34-35-20-11-23-40(45)43(35)46(41(32)34)42(33)39/h1,3-5,7-20,22-26H,2H2. The van der Waals surface area contributed by atoms with Crippen LogP contribution in [-0.4, -0.2) is 9.13 Å². The van der Waals surface area contributed by atoms with Gasteiger partial charge in [-0.05, 0) is 59.5 Å². The molecule has 1 aliphatic carbocycles. The van der Waals surface area contributed by atoms with Gasteiger partial charge in [0.25, 0.3) is 0 Å². The number of hydrogen-bond donors (Lipinski definition) is 0. The van der Waals surface area contributed by atoms with Gasteiger partial charge >= 0.3 is 0 Å². The van der Waals surface area contributed by atoms with Gasteiger partial charge in [0, 0.05) is 50.6 Å². The Bertz CT molecular complexity index is 2730. The van der Waals surface area contributed by atoms with Crippen molar-refractivity contribution < 1.29 is 0 Å². The highest BCUT2D eigenvalue weighted by Crippen LogP contribution is 2.56. The van der Waals surface area contributed by atoms with Gasteiger partial charge in [-0.15, -0.1) is 0 Å². The Kier molecular flexibility index (Phi) is 4.56. The third-order valence-corrected chi connectivity index (χ3v) is 9.99. The van der Waals surface area contributed by atoms with Gasteiger partial charge in [0.05, 0.1) is 33.6 Å². The van der Waals surface area contributed by atoms with E-state index in [-0.39, 0.29) is 0 Å². The van der Waals surface area contributed by atoms with E-state index in [0.717, 1.165) is 29.0 Å². The summed E-state index contributed by atoms with van der Waals surface area (Å²) in [5.74, 6) is 6.86. The average molecular weight is 584 g/mol. The first-order valence-electron chi connectivity index (χ1n) is 15.9. The zero-order valence-electron chi connectivity index (χ0n) is 24.8. The summed E-state index contributed by atoms with van der Waals surface area (Å²) in [5.41, 5.74) is 16.9. The van der Waals surface area contributed by atoms with Gasteiger partial charge in [-0.2, -0.15) is 0 Å². The van der Waals surface area contributed by atoms with Crippen LogP contribution in [0.15, 0.2) is 133 Å². The lowest BCUT2D eigenvalue weighted by atomic mass is 9.92. The minimum absolute atomic E-state index is 0.753. The van der Waals surface area contributed by atoms with Gasteiger partial charge in [-0.25, -0.2) is 0 Å². The summed E-state index contributed by atoms with van der Waals surface area (Å²) >= 11 is 0. The van der Waals surface area contributed by atoms with Crippen LogP contribution < -0.4 is 4.90 Å². The van der Waals surface area contributed by atoms with Crippen LogP contribution in [0, 0.1) is 11.8 Å². The number of rotatable bonds is 2. The van der Waals surface area contributed by atoms with Crippen LogP contribution in [0.1, 0.15) is 17.7 Å². The first kappa shape index (κ1) is 24.1. The van der Waals surface area contributed by atoms with Crippen molar-refractivity contribution in [2.45, 2.75) is 6.42 Å². The van der Waals surface area contributed by atoms with Gasteiger partial charge in [0.1, 0.15) is 5.69 Å². The van der Waals surface area contributed by atoms with E-state index in [2.05, 4.69) is 165 Å². The number of para-hydroxylation sites is 4. The molecule has 3 heteroatoms. The topological polar surface area (TPSA) is 13.1 Å². The minimum Gasteiger partial charge on any atom is -0.306 e. The van der Waals surface area contributed by atoms with Crippen molar-refractivity contribution in [1.29, 1.82) is 0 Å². The van der Waals surface area contributed by atoms with E-state index in [4.69, 9.17) is 0 Å². The minimum atomic E-state index is 0.753. The second-order valence-corrected chi connectivity index (χ2v) is 12.3. The zero-order valence-corrected chi connectivity index (χ0v) is 24.8. The molecule has 212 valence electrons. The largest absolute Gasteiger partial charge is 0.306 e. The van der Waals surface area contributed by atoms with E-state index < -0.39 is 0 Å². The van der Waals surface area contributed by atoms with Crippen LogP contribution in [0.4, 0.5) is 17.1 Å². The SMILES string of the molecule is C1#Cc2c(c3cc(N4c5cccc6c5-n5c7c(cccc7c7cccc4c75)-c4ccccc4-6)ccc3n2-c2ccccc2)C=CC1. The summed E-state index contributed by atoms with van der Waals surface area (Å²) in [6.07, 6.45) is 5.19. The van der Waals surface area contributed by atoms with Gasteiger partial charge in [-0.1, -0.05) is 103 Å². The Hall–Kier alpha value is -6.24. The van der Waals surface area contributed by atoms with E-state index in [1.165, 1.54) is 72.1 Å². The molecule has 11 rings (SSSR count). The second kappa shape index (κ2) is 8.69. The molecule has 0 saturated carbocycles. The van der Waals surface area contributed by atoms with Crippen LogP contribution in [0.2, 0.25) is 0 Å². The molecule has 0 saturated heterocycles. The lowest BCUT2D eigenvalue weighted by Crippen LogP contribution is -2.18. The Morgan fingerprint density at radius 2 is 1.24 bits per heavy atom.